The molecule has 0 fully saturated rings. The highest BCUT2D eigenvalue weighted by atomic mass is 19.4. The molecule has 2 heterocycles. The normalized spacial score (nSPS) is 11.6. The van der Waals surface area contributed by atoms with Crippen molar-refractivity contribution in [2.24, 2.45) is 0 Å². The van der Waals surface area contributed by atoms with Crippen LogP contribution in [0.15, 0.2) is 55.0 Å². The van der Waals surface area contributed by atoms with Crippen LogP contribution in [0.25, 0.3) is 16.9 Å². The van der Waals surface area contributed by atoms with Crippen LogP contribution in [0.2, 0.25) is 0 Å². The average molecular weight is 290 g/mol. The SMILES string of the molecule is FC(F)(F)c1cccc(-c2cn(-c3cccnc3)nn2)c1. The van der Waals surface area contributed by atoms with E-state index in [2.05, 4.69) is 15.3 Å². The molecule has 2 aromatic heterocycles. The third-order valence-electron chi connectivity index (χ3n) is 2.89. The molecule has 0 spiro atoms. The van der Waals surface area contributed by atoms with Crippen LogP contribution < -0.4 is 0 Å². The van der Waals surface area contributed by atoms with Crippen molar-refractivity contribution in [3.05, 3.63) is 60.6 Å². The first-order valence-corrected chi connectivity index (χ1v) is 6.04. The molecule has 0 N–H and O–H groups in total. The highest BCUT2D eigenvalue weighted by Crippen LogP contribution is 2.31. The summed E-state index contributed by atoms with van der Waals surface area (Å²) in [5.74, 6) is 0. The van der Waals surface area contributed by atoms with Crippen molar-refractivity contribution < 1.29 is 13.2 Å². The first kappa shape index (κ1) is 13.3. The zero-order chi connectivity index (χ0) is 14.9. The number of rotatable bonds is 2. The van der Waals surface area contributed by atoms with Crippen LogP contribution in [0.5, 0.6) is 0 Å². The number of alkyl halides is 3. The van der Waals surface area contributed by atoms with Gasteiger partial charge >= 0.3 is 6.18 Å². The summed E-state index contributed by atoms with van der Waals surface area (Å²) < 4.78 is 39.6. The number of benzene rings is 1. The highest BCUT2D eigenvalue weighted by Gasteiger charge is 2.30. The Labute approximate surface area is 117 Å². The third kappa shape index (κ3) is 2.76. The van der Waals surface area contributed by atoms with Gasteiger partial charge in [-0.3, -0.25) is 4.98 Å². The molecule has 0 radical (unpaired) electrons. The van der Waals surface area contributed by atoms with E-state index in [0.717, 1.165) is 12.1 Å². The van der Waals surface area contributed by atoms with E-state index in [1.54, 1.807) is 36.8 Å². The molecule has 0 saturated heterocycles. The zero-order valence-electron chi connectivity index (χ0n) is 10.6. The van der Waals surface area contributed by atoms with Crippen molar-refractivity contribution in [1.29, 1.82) is 0 Å². The fraction of sp³-hybridized carbons (Fsp3) is 0.0714. The minimum absolute atomic E-state index is 0.361. The summed E-state index contributed by atoms with van der Waals surface area (Å²) >= 11 is 0. The van der Waals surface area contributed by atoms with Gasteiger partial charge in [-0.1, -0.05) is 17.3 Å². The molecule has 21 heavy (non-hydrogen) atoms. The lowest BCUT2D eigenvalue weighted by Gasteiger charge is -2.07. The van der Waals surface area contributed by atoms with Gasteiger partial charge in [-0.25, -0.2) is 4.68 Å². The van der Waals surface area contributed by atoms with Crippen LogP contribution in [-0.2, 0) is 6.18 Å². The van der Waals surface area contributed by atoms with E-state index in [0.29, 0.717) is 16.9 Å². The van der Waals surface area contributed by atoms with E-state index in [1.807, 2.05) is 0 Å². The number of aromatic nitrogens is 4. The molecule has 0 aliphatic carbocycles. The van der Waals surface area contributed by atoms with Crippen molar-refractivity contribution >= 4 is 0 Å². The van der Waals surface area contributed by atoms with E-state index in [4.69, 9.17) is 0 Å². The quantitative estimate of drug-likeness (QED) is 0.727. The predicted octanol–water partition coefficient (Wildman–Crippen LogP) is 3.35. The van der Waals surface area contributed by atoms with Gasteiger partial charge in [0.1, 0.15) is 5.69 Å². The van der Waals surface area contributed by atoms with Gasteiger partial charge in [-0.05, 0) is 24.3 Å². The van der Waals surface area contributed by atoms with Crippen molar-refractivity contribution in [3.63, 3.8) is 0 Å². The fourth-order valence-electron chi connectivity index (χ4n) is 1.87. The summed E-state index contributed by atoms with van der Waals surface area (Å²) in [7, 11) is 0. The Morgan fingerprint density at radius 2 is 1.90 bits per heavy atom. The Balaban J connectivity index is 1.97. The van der Waals surface area contributed by atoms with E-state index in [-0.39, 0.29) is 0 Å². The molecule has 0 aliphatic heterocycles. The van der Waals surface area contributed by atoms with Gasteiger partial charge in [0.2, 0.25) is 0 Å². The Kier molecular flexibility index (Phi) is 3.17. The lowest BCUT2D eigenvalue weighted by atomic mass is 10.1. The Hall–Kier alpha value is -2.70. The number of nitrogens with zero attached hydrogens (tertiary/aromatic N) is 4. The van der Waals surface area contributed by atoms with Crippen LogP contribution >= 0.6 is 0 Å². The Bertz CT molecular complexity index is 750. The second-order valence-corrected chi connectivity index (χ2v) is 4.34. The molecule has 4 nitrogen and oxygen atoms in total. The first-order chi connectivity index (χ1) is 10.0. The number of halogens is 3. The second-order valence-electron chi connectivity index (χ2n) is 4.34. The number of pyridine rings is 1. The average Bonchev–Trinajstić information content (AvgIpc) is 2.97. The highest BCUT2D eigenvalue weighted by molar-refractivity contribution is 5.59. The maximum atomic E-state index is 12.7. The van der Waals surface area contributed by atoms with Gasteiger partial charge in [0.25, 0.3) is 0 Å². The molecule has 3 rings (SSSR count). The number of hydrogen-bond donors (Lipinski definition) is 0. The van der Waals surface area contributed by atoms with Crippen molar-refractivity contribution in [3.8, 4) is 16.9 Å². The lowest BCUT2D eigenvalue weighted by molar-refractivity contribution is -0.137. The van der Waals surface area contributed by atoms with Crippen LogP contribution in [0, 0.1) is 0 Å². The molecule has 7 heteroatoms. The van der Waals surface area contributed by atoms with Crippen LogP contribution in [0.1, 0.15) is 5.56 Å². The molecular weight excluding hydrogens is 281 g/mol. The molecule has 3 aromatic rings. The molecule has 0 atom stereocenters. The Morgan fingerprint density at radius 3 is 2.62 bits per heavy atom. The molecular formula is C14H9F3N4. The van der Waals surface area contributed by atoms with Gasteiger partial charge in [-0.15, -0.1) is 5.10 Å². The van der Waals surface area contributed by atoms with E-state index >= 15 is 0 Å². The molecule has 0 saturated carbocycles. The maximum Gasteiger partial charge on any atom is 0.416 e. The van der Waals surface area contributed by atoms with Crippen LogP contribution in [0.4, 0.5) is 13.2 Å². The fourth-order valence-corrected chi connectivity index (χ4v) is 1.87. The molecule has 0 amide bonds. The largest absolute Gasteiger partial charge is 0.416 e. The standard InChI is InChI=1S/C14H9F3N4/c15-14(16,17)11-4-1-3-10(7-11)13-9-21(20-19-13)12-5-2-6-18-8-12/h1-9H. The van der Waals surface area contributed by atoms with Gasteiger partial charge in [-0.2, -0.15) is 13.2 Å². The maximum absolute atomic E-state index is 12.7. The minimum Gasteiger partial charge on any atom is -0.262 e. The summed E-state index contributed by atoms with van der Waals surface area (Å²) in [6.07, 6.45) is 0.389. The molecule has 0 unspecified atom stereocenters. The minimum atomic E-state index is -4.38. The zero-order valence-corrected chi connectivity index (χ0v) is 10.6. The second kappa shape index (κ2) is 5.01. The van der Waals surface area contributed by atoms with E-state index in [9.17, 15) is 13.2 Å². The van der Waals surface area contributed by atoms with Crippen LogP contribution in [-0.4, -0.2) is 20.0 Å². The third-order valence-corrected chi connectivity index (χ3v) is 2.89. The summed E-state index contributed by atoms with van der Waals surface area (Å²) in [6, 6.07) is 8.50. The Morgan fingerprint density at radius 1 is 1.05 bits per heavy atom. The molecule has 0 aliphatic rings. The van der Waals surface area contributed by atoms with E-state index in [1.165, 1.54) is 10.7 Å². The van der Waals surface area contributed by atoms with Crippen LogP contribution in [0.3, 0.4) is 0 Å². The number of hydrogen-bond acceptors (Lipinski definition) is 3. The topological polar surface area (TPSA) is 43.6 Å². The molecule has 1 aromatic carbocycles. The summed E-state index contributed by atoms with van der Waals surface area (Å²) in [5.41, 5.74) is 0.698. The molecule has 0 bridgehead atoms. The summed E-state index contributed by atoms with van der Waals surface area (Å²) in [5, 5.41) is 7.80. The van der Waals surface area contributed by atoms with Crippen molar-refractivity contribution in [2.75, 3.05) is 0 Å². The van der Waals surface area contributed by atoms with Crippen molar-refractivity contribution in [1.82, 2.24) is 20.0 Å². The summed E-state index contributed by atoms with van der Waals surface area (Å²) in [6.45, 7) is 0. The molecule has 106 valence electrons. The van der Waals surface area contributed by atoms with Gasteiger partial charge < -0.3 is 0 Å². The lowest BCUT2D eigenvalue weighted by Crippen LogP contribution is -2.04. The van der Waals surface area contributed by atoms with Gasteiger partial charge in [0.15, 0.2) is 0 Å². The smallest absolute Gasteiger partial charge is 0.262 e. The first-order valence-electron chi connectivity index (χ1n) is 6.04. The van der Waals surface area contributed by atoms with E-state index < -0.39 is 11.7 Å². The van der Waals surface area contributed by atoms with Crippen molar-refractivity contribution in [2.45, 2.75) is 6.18 Å². The monoisotopic (exact) mass is 290 g/mol. The van der Waals surface area contributed by atoms with Gasteiger partial charge in [0, 0.05) is 11.8 Å². The van der Waals surface area contributed by atoms with Gasteiger partial charge in [0.05, 0.1) is 23.6 Å². The predicted molar refractivity (Wildman–Crippen MR) is 69.6 cm³/mol. The summed E-state index contributed by atoms with van der Waals surface area (Å²) in [4.78, 5) is 3.95.